The van der Waals surface area contributed by atoms with Crippen molar-refractivity contribution in [2.75, 3.05) is 19.1 Å². The van der Waals surface area contributed by atoms with Gasteiger partial charge < -0.3 is 14.6 Å². The van der Waals surface area contributed by atoms with Gasteiger partial charge in [-0.15, -0.1) is 23.2 Å². The molecule has 0 bridgehead atoms. The van der Waals surface area contributed by atoms with Gasteiger partial charge in [0.1, 0.15) is 23.1 Å². The quantitative estimate of drug-likeness (QED) is 0.214. The Morgan fingerprint density at radius 1 is 0.894 bits per heavy atom. The number of aromatic hydroxyl groups is 1. The summed E-state index contributed by atoms with van der Waals surface area (Å²) in [6, 6.07) is 16.6. The second-order valence-electron chi connectivity index (χ2n) is 12.3. The number of methoxy groups -OCH3 is 2. The fraction of sp³-hybridized carbons (Fsp3) is 0.314. The number of hydrogen-bond acceptors (Lipinski definition) is 7. The predicted octanol–water partition coefficient (Wildman–Crippen LogP) is 5.31. The van der Waals surface area contributed by atoms with Crippen molar-refractivity contribution in [2.45, 2.75) is 35.1 Å². The zero-order valence-corrected chi connectivity index (χ0v) is 26.8. The highest BCUT2D eigenvalue weighted by molar-refractivity contribution is 6.58. The minimum absolute atomic E-state index is 0.0650. The van der Waals surface area contributed by atoms with Crippen molar-refractivity contribution in [2.24, 2.45) is 17.8 Å². The topological polar surface area (TPSA) is 113 Å². The minimum Gasteiger partial charge on any atom is -0.508 e. The van der Waals surface area contributed by atoms with Gasteiger partial charge in [0.15, 0.2) is 9.75 Å². The molecule has 7 rings (SSSR count). The Labute approximate surface area is 279 Å². The number of nitrogens with zero attached hydrogens (tertiary/aromatic N) is 2. The third-order valence-electron chi connectivity index (χ3n) is 9.99. The van der Waals surface area contributed by atoms with E-state index in [0.717, 1.165) is 22.6 Å². The van der Waals surface area contributed by atoms with Crippen LogP contribution < -0.4 is 14.4 Å². The number of carbonyl (C=O) groups is 4. The number of imide groups is 2. The largest absolute Gasteiger partial charge is 0.508 e. The minimum atomic E-state index is -2.19. The summed E-state index contributed by atoms with van der Waals surface area (Å²) in [5.74, 6) is -6.58. The number of carbonyl (C=O) groups excluding carboxylic acids is 4. The van der Waals surface area contributed by atoms with Crippen LogP contribution in [0.1, 0.15) is 29.9 Å². The number of fused-ring (bicyclic) bond motifs is 4. The molecular weight excluding hydrogens is 650 g/mol. The van der Waals surface area contributed by atoms with Gasteiger partial charge in [-0.05, 0) is 48.6 Å². The van der Waals surface area contributed by atoms with Crippen LogP contribution in [0.4, 0.5) is 10.1 Å². The molecule has 1 N–H and O–H groups in total. The Hall–Kier alpha value is -4.41. The second kappa shape index (κ2) is 11.1. The van der Waals surface area contributed by atoms with Crippen LogP contribution in [0.15, 0.2) is 78.4 Å². The molecule has 1 saturated carbocycles. The summed E-state index contributed by atoms with van der Waals surface area (Å²) in [7, 11) is 2.73. The molecule has 2 aliphatic carbocycles. The van der Waals surface area contributed by atoms with Crippen molar-refractivity contribution >= 4 is 52.5 Å². The second-order valence-corrected chi connectivity index (χ2v) is 13.5. The van der Waals surface area contributed by atoms with E-state index in [1.54, 1.807) is 6.08 Å². The molecular formula is C35H29Cl2FN2O7. The summed E-state index contributed by atoms with van der Waals surface area (Å²) in [5, 5.41) is 10.5. The Bertz CT molecular complexity index is 1840. The first-order chi connectivity index (χ1) is 22.5. The summed E-state index contributed by atoms with van der Waals surface area (Å²) in [4.78, 5) is 54.8. The molecule has 3 aromatic carbocycles. The van der Waals surface area contributed by atoms with Crippen molar-refractivity contribution in [3.8, 4) is 17.2 Å². The van der Waals surface area contributed by atoms with Crippen molar-refractivity contribution in [1.82, 2.24) is 4.90 Å². The fourth-order valence-electron chi connectivity index (χ4n) is 7.91. The maximum absolute atomic E-state index is 14.6. The first kappa shape index (κ1) is 31.2. The number of allylic oxidation sites excluding steroid dienone is 2. The number of hydrogen-bond donors (Lipinski definition) is 1. The number of anilines is 1. The van der Waals surface area contributed by atoms with E-state index >= 15 is 0 Å². The van der Waals surface area contributed by atoms with Crippen LogP contribution in [0.3, 0.4) is 0 Å². The first-order valence-corrected chi connectivity index (χ1v) is 15.8. The van der Waals surface area contributed by atoms with E-state index in [-0.39, 0.29) is 53.8 Å². The maximum atomic E-state index is 14.6. The Kier molecular flexibility index (Phi) is 7.37. The van der Waals surface area contributed by atoms with Crippen molar-refractivity contribution in [3.63, 3.8) is 0 Å². The number of likely N-dealkylation sites (tertiary alicyclic amines) is 1. The highest BCUT2D eigenvalue weighted by Crippen LogP contribution is 2.67. The van der Waals surface area contributed by atoms with E-state index in [4.69, 9.17) is 32.7 Å². The molecule has 2 heterocycles. The summed E-state index contributed by atoms with van der Waals surface area (Å²) in [5.41, 5.74) is 1.61. The molecule has 4 amide bonds. The van der Waals surface area contributed by atoms with Crippen molar-refractivity contribution in [1.29, 1.82) is 0 Å². The van der Waals surface area contributed by atoms with Gasteiger partial charge in [0.05, 0.1) is 38.3 Å². The van der Waals surface area contributed by atoms with E-state index in [2.05, 4.69) is 0 Å². The van der Waals surface area contributed by atoms with Crippen LogP contribution in [-0.2, 0) is 25.7 Å². The number of benzene rings is 3. The van der Waals surface area contributed by atoms with Gasteiger partial charge in [-0.1, -0.05) is 42.0 Å². The molecule has 0 radical (unpaired) electrons. The van der Waals surface area contributed by atoms with Gasteiger partial charge in [0, 0.05) is 23.6 Å². The average Bonchev–Trinajstić information content (AvgIpc) is 3.39. The summed E-state index contributed by atoms with van der Waals surface area (Å²) < 4.78 is 25.2. The van der Waals surface area contributed by atoms with Crippen LogP contribution >= 0.6 is 23.2 Å². The SMILES string of the molecule is COc1cc(O)cc(OC)c1[C@H]1C2=CC[C@@H]3C(=O)N(Cc4ccccc4)C(=O)[C@@H]3[C@@H]2C[C@@]2(Cl)C(=O)N(c3ccc(F)cc3)C(=O)[C@@]12Cl. The first-order valence-electron chi connectivity index (χ1n) is 15.0. The van der Waals surface area contributed by atoms with Gasteiger partial charge in [0.2, 0.25) is 11.8 Å². The van der Waals surface area contributed by atoms with E-state index in [0.29, 0.717) is 5.57 Å². The number of phenols is 1. The fourth-order valence-corrected chi connectivity index (χ4v) is 8.83. The zero-order valence-electron chi connectivity index (χ0n) is 25.3. The maximum Gasteiger partial charge on any atom is 0.258 e. The number of amides is 4. The van der Waals surface area contributed by atoms with Gasteiger partial charge in [-0.3, -0.25) is 24.1 Å². The van der Waals surface area contributed by atoms with Crippen LogP contribution in [0.5, 0.6) is 17.2 Å². The summed E-state index contributed by atoms with van der Waals surface area (Å²) in [6.07, 6.45) is 1.75. The lowest BCUT2D eigenvalue weighted by molar-refractivity contribution is -0.141. The molecule has 242 valence electrons. The smallest absolute Gasteiger partial charge is 0.258 e. The molecule has 47 heavy (non-hydrogen) atoms. The standard InChI is InChI=1S/C35H29Cl2FN2O7/c1-46-25-14-21(41)15-26(47-2)28(25)29-22-12-13-23-27(31(43)39(30(23)42)17-18-6-4-3-5-7-18)24(22)16-34(36)32(44)40(33(45)35(29,34)37)20-10-8-19(38)9-11-20/h3-12,14-15,23-24,27,29,41H,13,16-17H2,1-2H3/t23-,24+,27-,29+,34+,35-/m0/s1. The van der Waals surface area contributed by atoms with Crippen LogP contribution in [-0.4, -0.2) is 57.6 Å². The monoisotopic (exact) mass is 678 g/mol. The lowest BCUT2D eigenvalue weighted by Gasteiger charge is -2.51. The van der Waals surface area contributed by atoms with Gasteiger partial charge in [0.25, 0.3) is 11.8 Å². The third kappa shape index (κ3) is 4.34. The molecule has 0 spiro atoms. The van der Waals surface area contributed by atoms with E-state index in [1.165, 1.54) is 43.4 Å². The molecule has 0 unspecified atom stereocenters. The average molecular weight is 680 g/mol. The number of halogens is 3. The number of ether oxygens (including phenoxy) is 2. The highest BCUT2D eigenvalue weighted by atomic mass is 35.5. The van der Waals surface area contributed by atoms with E-state index in [9.17, 15) is 28.7 Å². The Morgan fingerprint density at radius 2 is 1.53 bits per heavy atom. The summed E-state index contributed by atoms with van der Waals surface area (Å²) >= 11 is 14.9. The van der Waals surface area contributed by atoms with Crippen LogP contribution in [0.2, 0.25) is 0 Å². The van der Waals surface area contributed by atoms with E-state index < -0.39 is 57.0 Å². The molecule has 2 aliphatic heterocycles. The lowest BCUT2D eigenvalue weighted by atomic mass is 9.56. The van der Waals surface area contributed by atoms with Crippen LogP contribution in [0.25, 0.3) is 0 Å². The van der Waals surface area contributed by atoms with Gasteiger partial charge >= 0.3 is 0 Å². The Balaban J connectivity index is 1.42. The van der Waals surface area contributed by atoms with Crippen molar-refractivity contribution in [3.05, 3.63) is 95.3 Å². The third-order valence-corrected chi connectivity index (χ3v) is 11.4. The molecule has 3 aromatic rings. The number of alkyl halides is 2. The number of phenolic OH excluding ortho intramolecular Hbond substituents is 1. The molecule has 3 fully saturated rings. The Morgan fingerprint density at radius 3 is 2.15 bits per heavy atom. The van der Waals surface area contributed by atoms with Gasteiger partial charge in [-0.2, -0.15) is 0 Å². The molecule has 2 saturated heterocycles. The van der Waals surface area contributed by atoms with Crippen molar-refractivity contribution < 1.29 is 38.1 Å². The zero-order chi connectivity index (χ0) is 33.4. The molecule has 12 heteroatoms. The van der Waals surface area contributed by atoms with Gasteiger partial charge in [-0.25, -0.2) is 9.29 Å². The van der Waals surface area contributed by atoms with E-state index in [1.807, 2.05) is 30.3 Å². The molecule has 0 aromatic heterocycles. The lowest BCUT2D eigenvalue weighted by Crippen LogP contribution is -2.60. The molecule has 4 aliphatic rings. The predicted molar refractivity (Wildman–Crippen MR) is 170 cm³/mol. The normalized spacial score (nSPS) is 29.8. The highest BCUT2D eigenvalue weighted by Gasteiger charge is 2.77. The summed E-state index contributed by atoms with van der Waals surface area (Å²) in [6.45, 7) is 0.0812. The van der Waals surface area contributed by atoms with Crippen LogP contribution in [0, 0.1) is 23.6 Å². The molecule has 9 nitrogen and oxygen atoms in total. The molecule has 6 atom stereocenters. The number of rotatable bonds is 6.